The average molecular weight is 249 g/mol. The van der Waals surface area contributed by atoms with Gasteiger partial charge in [0.15, 0.2) is 0 Å². The lowest BCUT2D eigenvalue weighted by Crippen LogP contribution is -2.20. The molecule has 1 rings (SSSR count). The molecule has 1 aromatic carbocycles. The second kappa shape index (κ2) is 5.76. The van der Waals surface area contributed by atoms with Crippen LogP contribution in [0.1, 0.15) is 31.9 Å². The van der Waals surface area contributed by atoms with Crippen LogP contribution >= 0.6 is 0 Å². The van der Waals surface area contributed by atoms with Gasteiger partial charge in [0.1, 0.15) is 5.78 Å². The number of carbonyl (C=O) groups is 1. The van der Waals surface area contributed by atoms with E-state index < -0.39 is 0 Å². The summed E-state index contributed by atoms with van der Waals surface area (Å²) >= 11 is 0. The highest BCUT2D eigenvalue weighted by Gasteiger charge is 2.21. The summed E-state index contributed by atoms with van der Waals surface area (Å²) < 4.78 is 0. The highest BCUT2D eigenvalue weighted by atomic mass is 16.6. The third-order valence-electron chi connectivity index (χ3n) is 3.38. The number of hydrogen-bond acceptors (Lipinski definition) is 3. The van der Waals surface area contributed by atoms with Crippen molar-refractivity contribution in [2.75, 3.05) is 0 Å². The van der Waals surface area contributed by atoms with Crippen molar-refractivity contribution in [2.45, 2.75) is 34.1 Å². The highest BCUT2D eigenvalue weighted by molar-refractivity contribution is 5.79. The van der Waals surface area contributed by atoms with Gasteiger partial charge in [0.05, 0.1) is 4.92 Å². The van der Waals surface area contributed by atoms with Gasteiger partial charge < -0.3 is 0 Å². The monoisotopic (exact) mass is 249 g/mol. The molecule has 0 aromatic heterocycles. The Balaban J connectivity index is 3.07. The van der Waals surface area contributed by atoms with Crippen LogP contribution in [-0.4, -0.2) is 10.7 Å². The van der Waals surface area contributed by atoms with Crippen LogP contribution in [0.4, 0.5) is 5.69 Å². The molecule has 4 nitrogen and oxygen atoms in total. The molecular formula is C14H19NO3. The summed E-state index contributed by atoms with van der Waals surface area (Å²) in [7, 11) is 0. The molecule has 18 heavy (non-hydrogen) atoms. The Bertz CT molecular complexity index is 466. The zero-order chi connectivity index (χ0) is 13.9. The normalized spacial score (nSPS) is 12.5. The van der Waals surface area contributed by atoms with E-state index in [1.165, 1.54) is 6.07 Å². The molecule has 4 heteroatoms. The van der Waals surface area contributed by atoms with E-state index >= 15 is 0 Å². The van der Waals surface area contributed by atoms with Crippen molar-refractivity contribution in [2.24, 2.45) is 11.8 Å². The van der Waals surface area contributed by atoms with Gasteiger partial charge in [-0.3, -0.25) is 14.9 Å². The third kappa shape index (κ3) is 3.15. The molecule has 0 saturated carbocycles. The average Bonchev–Trinajstić information content (AvgIpc) is 2.26. The summed E-state index contributed by atoms with van der Waals surface area (Å²) in [5.74, 6) is 0.294. The van der Waals surface area contributed by atoms with Crippen LogP contribution in [0.25, 0.3) is 0 Å². The van der Waals surface area contributed by atoms with E-state index in [4.69, 9.17) is 0 Å². The van der Waals surface area contributed by atoms with Gasteiger partial charge in [-0.15, -0.1) is 0 Å². The number of nitrogens with zero attached hydrogens (tertiary/aromatic N) is 1. The standard InChI is InChI=1S/C14H19NO3/c1-9(2)13(11(4)16)8-12-6-5-7-14(10(12)3)15(17)18/h5-7,9,13H,8H2,1-4H3. The Hall–Kier alpha value is -1.71. The lowest BCUT2D eigenvalue weighted by Gasteiger charge is -2.18. The fourth-order valence-corrected chi connectivity index (χ4v) is 2.17. The van der Waals surface area contributed by atoms with Crippen molar-refractivity contribution in [3.05, 3.63) is 39.4 Å². The molecule has 1 unspecified atom stereocenters. The van der Waals surface area contributed by atoms with Gasteiger partial charge in [0.25, 0.3) is 5.69 Å². The van der Waals surface area contributed by atoms with Gasteiger partial charge in [0.2, 0.25) is 0 Å². The summed E-state index contributed by atoms with van der Waals surface area (Å²) in [4.78, 5) is 22.1. The van der Waals surface area contributed by atoms with Crippen molar-refractivity contribution >= 4 is 11.5 Å². The quantitative estimate of drug-likeness (QED) is 0.594. The van der Waals surface area contributed by atoms with Crippen molar-refractivity contribution < 1.29 is 9.72 Å². The molecule has 0 N–H and O–H groups in total. The zero-order valence-electron chi connectivity index (χ0n) is 11.3. The topological polar surface area (TPSA) is 60.2 Å². The molecule has 0 spiro atoms. The Morgan fingerprint density at radius 2 is 2.00 bits per heavy atom. The predicted octanol–water partition coefficient (Wildman–Crippen LogP) is 3.31. The number of nitro benzene ring substituents is 1. The first-order valence-electron chi connectivity index (χ1n) is 6.08. The van der Waals surface area contributed by atoms with Crippen molar-refractivity contribution in [3.8, 4) is 0 Å². The molecule has 0 amide bonds. The number of ketones is 1. The molecule has 0 aliphatic heterocycles. The van der Waals surface area contributed by atoms with Crippen LogP contribution in [0.15, 0.2) is 18.2 Å². The van der Waals surface area contributed by atoms with E-state index in [2.05, 4.69) is 0 Å². The van der Waals surface area contributed by atoms with E-state index in [0.717, 1.165) is 5.56 Å². The van der Waals surface area contributed by atoms with Gasteiger partial charge in [-0.1, -0.05) is 26.0 Å². The Labute approximate surface area is 107 Å². The fourth-order valence-electron chi connectivity index (χ4n) is 2.17. The van der Waals surface area contributed by atoms with Crippen molar-refractivity contribution in [1.29, 1.82) is 0 Å². The van der Waals surface area contributed by atoms with Crippen LogP contribution < -0.4 is 0 Å². The minimum atomic E-state index is -0.378. The molecule has 0 bridgehead atoms. The molecule has 0 saturated heterocycles. The lowest BCUT2D eigenvalue weighted by molar-refractivity contribution is -0.385. The van der Waals surface area contributed by atoms with Crippen LogP contribution in [0.3, 0.4) is 0 Å². The molecule has 98 valence electrons. The van der Waals surface area contributed by atoms with Gasteiger partial charge in [0, 0.05) is 17.5 Å². The number of Topliss-reactive ketones (excluding diaryl/α,β-unsaturated/α-hetero) is 1. The second-order valence-corrected chi connectivity index (χ2v) is 4.98. The Morgan fingerprint density at radius 3 is 2.44 bits per heavy atom. The molecular weight excluding hydrogens is 230 g/mol. The number of carbonyl (C=O) groups excluding carboxylic acids is 1. The molecule has 1 atom stereocenters. The van der Waals surface area contributed by atoms with E-state index in [1.54, 1.807) is 19.9 Å². The van der Waals surface area contributed by atoms with Gasteiger partial charge in [-0.05, 0) is 31.7 Å². The molecule has 0 aliphatic carbocycles. The smallest absolute Gasteiger partial charge is 0.272 e. The maximum Gasteiger partial charge on any atom is 0.272 e. The summed E-state index contributed by atoms with van der Waals surface area (Å²) in [5.41, 5.74) is 1.67. The Morgan fingerprint density at radius 1 is 1.39 bits per heavy atom. The second-order valence-electron chi connectivity index (χ2n) is 4.98. The molecule has 0 heterocycles. The van der Waals surface area contributed by atoms with E-state index in [-0.39, 0.29) is 28.2 Å². The molecule has 0 aliphatic rings. The number of rotatable bonds is 5. The molecule has 0 radical (unpaired) electrons. The first kappa shape index (κ1) is 14.4. The van der Waals surface area contributed by atoms with Crippen LogP contribution in [0.2, 0.25) is 0 Å². The van der Waals surface area contributed by atoms with Gasteiger partial charge in [-0.25, -0.2) is 0 Å². The lowest BCUT2D eigenvalue weighted by atomic mass is 9.85. The van der Waals surface area contributed by atoms with Crippen LogP contribution in [0, 0.1) is 28.9 Å². The minimum Gasteiger partial charge on any atom is -0.300 e. The molecule has 1 aromatic rings. The largest absolute Gasteiger partial charge is 0.300 e. The minimum absolute atomic E-state index is 0.0781. The number of benzene rings is 1. The highest BCUT2D eigenvalue weighted by Crippen LogP contribution is 2.26. The summed E-state index contributed by atoms with van der Waals surface area (Å²) in [6, 6.07) is 5.04. The van der Waals surface area contributed by atoms with E-state index in [1.807, 2.05) is 19.9 Å². The SMILES string of the molecule is CC(=O)C(Cc1cccc([N+](=O)[O-])c1C)C(C)C. The van der Waals surface area contributed by atoms with Gasteiger partial charge >= 0.3 is 0 Å². The summed E-state index contributed by atoms with van der Waals surface area (Å²) in [5, 5.41) is 10.9. The fraction of sp³-hybridized carbons (Fsp3) is 0.500. The third-order valence-corrected chi connectivity index (χ3v) is 3.38. The maximum atomic E-state index is 11.6. The predicted molar refractivity (Wildman–Crippen MR) is 70.5 cm³/mol. The van der Waals surface area contributed by atoms with Crippen molar-refractivity contribution in [3.63, 3.8) is 0 Å². The number of hydrogen-bond donors (Lipinski definition) is 0. The maximum absolute atomic E-state index is 11.6. The molecule has 0 fully saturated rings. The zero-order valence-corrected chi connectivity index (χ0v) is 11.3. The Kier molecular flexibility index (Phi) is 4.59. The van der Waals surface area contributed by atoms with Crippen LogP contribution in [0.5, 0.6) is 0 Å². The number of nitro groups is 1. The van der Waals surface area contributed by atoms with E-state index in [9.17, 15) is 14.9 Å². The first-order valence-corrected chi connectivity index (χ1v) is 6.08. The first-order chi connectivity index (χ1) is 8.34. The summed E-state index contributed by atoms with van der Waals surface area (Å²) in [6.45, 7) is 7.32. The van der Waals surface area contributed by atoms with Crippen molar-refractivity contribution in [1.82, 2.24) is 0 Å². The van der Waals surface area contributed by atoms with Gasteiger partial charge in [-0.2, -0.15) is 0 Å². The summed E-state index contributed by atoms with van der Waals surface area (Å²) in [6.07, 6.45) is 0.570. The van der Waals surface area contributed by atoms with E-state index in [0.29, 0.717) is 12.0 Å². The van der Waals surface area contributed by atoms with Crippen LogP contribution in [-0.2, 0) is 11.2 Å².